The van der Waals surface area contributed by atoms with Crippen molar-refractivity contribution < 1.29 is 17.2 Å². The molecular weight excluding hydrogens is 308 g/mol. The smallest absolute Gasteiger partial charge is 0.181 e. The molecule has 1 heterocycles. The highest BCUT2D eigenvalue weighted by Gasteiger charge is 2.18. The van der Waals surface area contributed by atoms with E-state index in [1.807, 2.05) is 0 Å². The van der Waals surface area contributed by atoms with Crippen molar-refractivity contribution in [2.75, 3.05) is 5.75 Å². The van der Waals surface area contributed by atoms with E-state index in [0.717, 1.165) is 18.2 Å². The van der Waals surface area contributed by atoms with Crippen LogP contribution in [0.1, 0.15) is 6.92 Å². The van der Waals surface area contributed by atoms with Crippen molar-refractivity contribution in [1.82, 2.24) is 4.98 Å². The molecule has 0 amide bonds. The van der Waals surface area contributed by atoms with Gasteiger partial charge in [0.1, 0.15) is 21.7 Å². The van der Waals surface area contributed by atoms with Gasteiger partial charge in [-0.3, -0.25) is 0 Å². The minimum Gasteiger partial charge on any atom is -0.243 e. The zero-order chi connectivity index (χ0) is 14.9. The maximum absolute atomic E-state index is 13.2. The molecule has 0 radical (unpaired) electrons. The van der Waals surface area contributed by atoms with Crippen LogP contribution in [0.4, 0.5) is 8.78 Å². The third-order valence-corrected chi connectivity index (χ3v) is 4.87. The van der Waals surface area contributed by atoms with Crippen molar-refractivity contribution in [2.45, 2.75) is 11.8 Å². The summed E-state index contributed by atoms with van der Waals surface area (Å²) >= 11 is 5.77. The van der Waals surface area contributed by atoms with Crippen molar-refractivity contribution in [1.29, 1.82) is 0 Å². The fourth-order valence-electron chi connectivity index (χ4n) is 1.68. The Morgan fingerprint density at radius 2 is 1.70 bits per heavy atom. The minimum absolute atomic E-state index is 0.143. The van der Waals surface area contributed by atoms with Crippen LogP contribution in [0.25, 0.3) is 11.1 Å². The van der Waals surface area contributed by atoms with Crippen LogP contribution in [-0.2, 0) is 9.84 Å². The maximum atomic E-state index is 13.2. The van der Waals surface area contributed by atoms with E-state index >= 15 is 0 Å². The van der Waals surface area contributed by atoms with Gasteiger partial charge in [0.25, 0.3) is 0 Å². The first-order chi connectivity index (χ1) is 9.33. The Balaban J connectivity index is 2.63. The van der Waals surface area contributed by atoms with E-state index in [1.54, 1.807) is 0 Å². The lowest BCUT2D eigenvalue weighted by Gasteiger charge is -2.07. The summed E-state index contributed by atoms with van der Waals surface area (Å²) in [5.41, 5.74) is 0.471. The molecular formula is C13H10ClF2NO2S. The van der Waals surface area contributed by atoms with Gasteiger partial charge in [0.15, 0.2) is 9.84 Å². The van der Waals surface area contributed by atoms with E-state index in [1.165, 1.54) is 19.2 Å². The third-order valence-electron chi connectivity index (χ3n) is 2.72. The number of benzene rings is 1. The first-order valence-corrected chi connectivity index (χ1v) is 7.71. The summed E-state index contributed by atoms with van der Waals surface area (Å²) < 4.78 is 50.1. The summed E-state index contributed by atoms with van der Waals surface area (Å²) in [7, 11) is -3.56. The van der Waals surface area contributed by atoms with Crippen LogP contribution in [0, 0.1) is 11.6 Å². The van der Waals surface area contributed by atoms with E-state index in [-0.39, 0.29) is 26.9 Å². The Morgan fingerprint density at radius 1 is 1.10 bits per heavy atom. The lowest BCUT2D eigenvalue weighted by molar-refractivity contribution is 0.584. The van der Waals surface area contributed by atoms with Crippen LogP contribution in [0.2, 0.25) is 5.15 Å². The molecule has 2 aromatic rings. The summed E-state index contributed by atoms with van der Waals surface area (Å²) in [5, 5.41) is -0.160. The molecule has 0 saturated carbocycles. The Bertz CT molecular complexity index is 743. The number of aromatic nitrogens is 1. The van der Waals surface area contributed by atoms with Gasteiger partial charge in [-0.2, -0.15) is 0 Å². The second-order valence-corrected chi connectivity index (χ2v) is 6.68. The number of sulfone groups is 1. The molecule has 0 spiro atoms. The monoisotopic (exact) mass is 317 g/mol. The Morgan fingerprint density at radius 3 is 2.25 bits per heavy atom. The zero-order valence-electron chi connectivity index (χ0n) is 10.4. The Hall–Kier alpha value is -1.53. The van der Waals surface area contributed by atoms with Crippen LogP contribution >= 0.6 is 11.6 Å². The van der Waals surface area contributed by atoms with Crippen LogP contribution in [0.3, 0.4) is 0 Å². The maximum Gasteiger partial charge on any atom is 0.181 e. The van der Waals surface area contributed by atoms with Crippen LogP contribution in [-0.4, -0.2) is 19.2 Å². The SMILES string of the molecule is CCS(=O)(=O)c1cc(-c2cc(F)cc(F)c2)cnc1Cl. The first-order valence-electron chi connectivity index (χ1n) is 5.68. The highest BCUT2D eigenvalue weighted by Crippen LogP contribution is 2.27. The van der Waals surface area contributed by atoms with E-state index in [0.29, 0.717) is 0 Å². The number of halogens is 3. The fourth-order valence-corrected chi connectivity index (χ4v) is 3.06. The summed E-state index contributed by atoms with van der Waals surface area (Å²) in [6, 6.07) is 4.19. The zero-order valence-corrected chi connectivity index (χ0v) is 12.0. The van der Waals surface area contributed by atoms with Gasteiger partial charge in [-0.15, -0.1) is 0 Å². The molecule has 2 rings (SSSR count). The molecule has 106 valence electrons. The molecule has 0 aliphatic rings. The van der Waals surface area contributed by atoms with E-state index in [4.69, 9.17) is 11.6 Å². The number of hydrogen-bond acceptors (Lipinski definition) is 3. The van der Waals surface area contributed by atoms with E-state index < -0.39 is 21.5 Å². The summed E-state index contributed by atoms with van der Waals surface area (Å²) in [6.07, 6.45) is 1.27. The lowest BCUT2D eigenvalue weighted by atomic mass is 10.1. The van der Waals surface area contributed by atoms with Gasteiger partial charge in [0.05, 0.1) is 5.75 Å². The quantitative estimate of drug-likeness (QED) is 0.814. The molecule has 1 aromatic carbocycles. The highest BCUT2D eigenvalue weighted by atomic mass is 35.5. The van der Waals surface area contributed by atoms with Gasteiger partial charge < -0.3 is 0 Å². The number of rotatable bonds is 3. The number of hydrogen-bond donors (Lipinski definition) is 0. The summed E-state index contributed by atoms with van der Waals surface area (Å²) in [4.78, 5) is 3.62. The predicted molar refractivity (Wildman–Crippen MR) is 72.3 cm³/mol. The minimum atomic E-state index is -3.56. The van der Waals surface area contributed by atoms with Crippen molar-refractivity contribution in [3.63, 3.8) is 0 Å². The topological polar surface area (TPSA) is 47.0 Å². The van der Waals surface area contributed by atoms with Crippen molar-refractivity contribution in [3.8, 4) is 11.1 Å². The normalized spacial score (nSPS) is 11.6. The van der Waals surface area contributed by atoms with E-state index in [2.05, 4.69) is 4.98 Å². The molecule has 0 unspecified atom stereocenters. The average Bonchev–Trinajstić information content (AvgIpc) is 2.37. The van der Waals surface area contributed by atoms with Crippen LogP contribution < -0.4 is 0 Å². The molecule has 0 bridgehead atoms. The highest BCUT2D eigenvalue weighted by molar-refractivity contribution is 7.91. The van der Waals surface area contributed by atoms with Gasteiger partial charge in [-0.25, -0.2) is 22.2 Å². The van der Waals surface area contributed by atoms with Crippen LogP contribution in [0.5, 0.6) is 0 Å². The van der Waals surface area contributed by atoms with Gasteiger partial charge in [0, 0.05) is 17.8 Å². The standard InChI is InChI=1S/C13H10ClF2NO2S/c1-2-20(18,19)12-5-9(7-17-13(12)14)8-3-10(15)6-11(16)4-8/h3-7H,2H2,1H3. The van der Waals surface area contributed by atoms with Crippen molar-refractivity contribution >= 4 is 21.4 Å². The molecule has 20 heavy (non-hydrogen) atoms. The molecule has 0 atom stereocenters. The molecule has 0 fully saturated rings. The van der Waals surface area contributed by atoms with E-state index in [9.17, 15) is 17.2 Å². The van der Waals surface area contributed by atoms with Crippen LogP contribution in [0.15, 0.2) is 35.4 Å². The van der Waals surface area contributed by atoms with Crippen molar-refractivity contribution in [3.05, 3.63) is 47.2 Å². The summed E-state index contributed by atoms with van der Waals surface area (Å²) in [6.45, 7) is 1.47. The lowest BCUT2D eigenvalue weighted by Crippen LogP contribution is -2.05. The molecule has 7 heteroatoms. The second-order valence-electron chi connectivity index (χ2n) is 4.07. The largest absolute Gasteiger partial charge is 0.243 e. The van der Waals surface area contributed by atoms with Gasteiger partial charge in [-0.1, -0.05) is 18.5 Å². The van der Waals surface area contributed by atoms with Gasteiger partial charge in [-0.05, 0) is 23.8 Å². The average molecular weight is 318 g/mol. The predicted octanol–water partition coefficient (Wildman–Crippen LogP) is 3.47. The fraction of sp³-hybridized carbons (Fsp3) is 0.154. The molecule has 0 N–H and O–H groups in total. The molecule has 1 aromatic heterocycles. The molecule has 3 nitrogen and oxygen atoms in total. The molecule has 0 aliphatic carbocycles. The Kier molecular flexibility index (Phi) is 4.06. The summed E-state index contributed by atoms with van der Waals surface area (Å²) in [5.74, 6) is -1.65. The number of pyridine rings is 1. The van der Waals surface area contributed by atoms with Gasteiger partial charge in [0.2, 0.25) is 0 Å². The first kappa shape index (κ1) is 14.9. The number of nitrogens with zero attached hydrogens (tertiary/aromatic N) is 1. The van der Waals surface area contributed by atoms with Gasteiger partial charge >= 0.3 is 0 Å². The third kappa shape index (κ3) is 2.96. The molecule has 0 aliphatic heterocycles. The van der Waals surface area contributed by atoms with Crippen molar-refractivity contribution in [2.24, 2.45) is 0 Å². The Labute approximate surface area is 120 Å². The molecule has 0 saturated heterocycles. The second kappa shape index (κ2) is 5.46.